The van der Waals surface area contributed by atoms with Crippen LogP contribution in [0, 0.1) is 0 Å². The Morgan fingerprint density at radius 3 is 2.83 bits per heavy atom. The van der Waals surface area contributed by atoms with Crippen LogP contribution in [0.5, 0.6) is 0 Å². The van der Waals surface area contributed by atoms with Crippen LogP contribution in [-0.4, -0.2) is 4.57 Å². The molecule has 0 aliphatic carbocycles. The fourth-order valence-electron chi connectivity index (χ4n) is 1.31. The summed E-state index contributed by atoms with van der Waals surface area (Å²) in [5.74, 6) is 0. The summed E-state index contributed by atoms with van der Waals surface area (Å²) in [7, 11) is 2.01. The normalized spacial score (nSPS) is 10.8. The molecule has 1 heterocycles. The van der Waals surface area contributed by atoms with Crippen LogP contribution in [-0.2, 0) is 7.05 Å². The Hall–Kier alpha value is -0.960. The number of nitrogen functional groups attached to an aromatic ring is 1. The number of hydrogen-bond acceptors (Lipinski definition) is 1. The highest BCUT2D eigenvalue weighted by molar-refractivity contribution is 9.10. The lowest BCUT2D eigenvalue weighted by Crippen LogP contribution is -1.88. The first-order valence-corrected chi connectivity index (χ1v) is 4.48. The van der Waals surface area contributed by atoms with Gasteiger partial charge in [0.2, 0.25) is 0 Å². The summed E-state index contributed by atoms with van der Waals surface area (Å²) in [5, 5.41) is 1.21. The lowest BCUT2D eigenvalue weighted by atomic mass is 10.2. The van der Waals surface area contributed by atoms with Gasteiger partial charge in [-0.2, -0.15) is 0 Å². The second-order valence-electron chi connectivity index (χ2n) is 2.84. The van der Waals surface area contributed by atoms with Gasteiger partial charge in [-0.3, -0.25) is 0 Å². The van der Waals surface area contributed by atoms with Gasteiger partial charge in [0, 0.05) is 18.1 Å². The Labute approximate surface area is 79.1 Å². The topological polar surface area (TPSA) is 30.9 Å². The van der Waals surface area contributed by atoms with Crippen LogP contribution >= 0.6 is 15.9 Å². The highest BCUT2D eigenvalue weighted by atomic mass is 79.9. The van der Waals surface area contributed by atoms with Crippen LogP contribution in [0.15, 0.2) is 28.9 Å². The van der Waals surface area contributed by atoms with Crippen LogP contribution in [0.25, 0.3) is 10.9 Å². The molecule has 62 valence electrons. The molecule has 0 unspecified atom stereocenters. The maximum atomic E-state index is 5.67. The van der Waals surface area contributed by atoms with E-state index in [1.165, 1.54) is 5.39 Å². The molecule has 0 saturated heterocycles. The van der Waals surface area contributed by atoms with Gasteiger partial charge in [-0.25, -0.2) is 0 Å². The van der Waals surface area contributed by atoms with Crippen molar-refractivity contribution in [2.45, 2.75) is 0 Å². The first-order valence-electron chi connectivity index (χ1n) is 3.69. The van der Waals surface area contributed by atoms with Crippen molar-refractivity contribution in [2.24, 2.45) is 7.05 Å². The van der Waals surface area contributed by atoms with E-state index in [9.17, 15) is 0 Å². The summed E-state index contributed by atoms with van der Waals surface area (Å²) in [6, 6.07) is 7.99. The van der Waals surface area contributed by atoms with E-state index in [4.69, 9.17) is 5.73 Å². The molecule has 0 aliphatic heterocycles. The van der Waals surface area contributed by atoms with Gasteiger partial charge in [-0.15, -0.1) is 0 Å². The molecule has 0 radical (unpaired) electrons. The van der Waals surface area contributed by atoms with Crippen molar-refractivity contribution in [2.75, 3.05) is 5.73 Å². The number of halogens is 1. The van der Waals surface area contributed by atoms with Crippen molar-refractivity contribution in [3.8, 4) is 0 Å². The number of rotatable bonds is 0. The molecule has 0 bridgehead atoms. The highest BCUT2D eigenvalue weighted by Gasteiger charge is 2.01. The smallest absolute Gasteiger partial charge is 0.0854 e. The standard InChI is InChI=1S/C9H9BrN2/c1-12-8-5-7(11)3-2-6(8)4-9(12)10/h2-5H,11H2,1H3. The largest absolute Gasteiger partial charge is 0.399 e. The summed E-state index contributed by atoms with van der Waals surface area (Å²) in [6.45, 7) is 0. The SMILES string of the molecule is Cn1c(Br)cc2ccc(N)cc21. The van der Waals surface area contributed by atoms with Crippen molar-refractivity contribution >= 4 is 32.5 Å². The van der Waals surface area contributed by atoms with Crippen LogP contribution in [0.1, 0.15) is 0 Å². The van der Waals surface area contributed by atoms with Gasteiger partial charge in [0.15, 0.2) is 0 Å². The molecule has 12 heavy (non-hydrogen) atoms. The van der Waals surface area contributed by atoms with Gasteiger partial charge < -0.3 is 10.3 Å². The van der Waals surface area contributed by atoms with Gasteiger partial charge in [-0.1, -0.05) is 6.07 Å². The Bertz CT molecular complexity index is 431. The predicted octanol–water partition coefficient (Wildman–Crippen LogP) is 2.52. The van der Waals surface area contributed by atoms with Crippen molar-refractivity contribution in [1.29, 1.82) is 0 Å². The van der Waals surface area contributed by atoms with Gasteiger partial charge in [0.05, 0.1) is 10.1 Å². The Morgan fingerprint density at radius 2 is 2.08 bits per heavy atom. The molecule has 3 heteroatoms. The second kappa shape index (κ2) is 2.52. The molecule has 0 spiro atoms. The number of benzene rings is 1. The molecule has 0 amide bonds. The zero-order valence-corrected chi connectivity index (χ0v) is 8.30. The highest BCUT2D eigenvalue weighted by Crippen LogP contribution is 2.24. The van der Waals surface area contributed by atoms with Crippen LogP contribution < -0.4 is 5.73 Å². The number of nitrogens with zero attached hydrogens (tertiary/aromatic N) is 1. The molecule has 1 aromatic carbocycles. The lowest BCUT2D eigenvalue weighted by molar-refractivity contribution is 0.941. The molecule has 0 saturated carbocycles. The van der Waals surface area contributed by atoms with Crippen molar-refractivity contribution in [3.63, 3.8) is 0 Å². The van der Waals surface area contributed by atoms with Gasteiger partial charge >= 0.3 is 0 Å². The third-order valence-electron chi connectivity index (χ3n) is 2.01. The fraction of sp³-hybridized carbons (Fsp3) is 0.111. The molecular weight excluding hydrogens is 216 g/mol. The first-order chi connectivity index (χ1) is 5.68. The summed E-state index contributed by atoms with van der Waals surface area (Å²) < 4.78 is 3.13. The monoisotopic (exact) mass is 224 g/mol. The quantitative estimate of drug-likeness (QED) is 0.686. The van der Waals surface area contributed by atoms with Crippen LogP contribution in [0.4, 0.5) is 5.69 Å². The molecule has 2 N–H and O–H groups in total. The summed E-state index contributed by atoms with van der Waals surface area (Å²) in [5.41, 5.74) is 7.63. The van der Waals surface area contributed by atoms with Crippen molar-refractivity contribution in [1.82, 2.24) is 4.57 Å². The minimum absolute atomic E-state index is 0.802. The number of aromatic nitrogens is 1. The third-order valence-corrected chi connectivity index (χ3v) is 2.77. The molecule has 0 fully saturated rings. The minimum atomic E-state index is 0.802. The Balaban J connectivity index is 2.88. The van der Waals surface area contributed by atoms with E-state index in [0.29, 0.717) is 0 Å². The molecule has 2 aromatic rings. The summed E-state index contributed by atoms with van der Waals surface area (Å²) >= 11 is 3.46. The number of hydrogen-bond donors (Lipinski definition) is 1. The zero-order chi connectivity index (χ0) is 8.72. The zero-order valence-electron chi connectivity index (χ0n) is 6.71. The molecular formula is C9H9BrN2. The van der Waals surface area contributed by atoms with Gasteiger partial charge in [0.1, 0.15) is 0 Å². The lowest BCUT2D eigenvalue weighted by Gasteiger charge is -1.98. The van der Waals surface area contributed by atoms with E-state index >= 15 is 0 Å². The van der Waals surface area contributed by atoms with Gasteiger partial charge in [-0.05, 0) is 34.1 Å². The average molecular weight is 225 g/mol. The Kier molecular flexibility index (Phi) is 1.61. The maximum absolute atomic E-state index is 5.67. The second-order valence-corrected chi connectivity index (χ2v) is 3.66. The molecule has 0 aliphatic rings. The van der Waals surface area contributed by atoms with Crippen molar-refractivity contribution < 1.29 is 0 Å². The molecule has 2 nitrogen and oxygen atoms in total. The fourth-order valence-corrected chi connectivity index (χ4v) is 1.75. The number of fused-ring (bicyclic) bond motifs is 1. The van der Waals surface area contributed by atoms with Crippen molar-refractivity contribution in [3.05, 3.63) is 28.9 Å². The number of nitrogens with two attached hydrogens (primary N) is 1. The van der Waals surface area contributed by atoms with Gasteiger partial charge in [0.25, 0.3) is 0 Å². The van der Waals surface area contributed by atoms with E-state index in [1.807, 2.05) is 25.2 Å². The maximum Gasteiger partial charge on any atom is 0.0854 e. The third kappa shape index (κ3) is 1.01. The number of anilines is 1. The van der Waals surface area contributed by atoms with Crippen LogP contribution in [0.3, 0.4) is 0 Å². The molecule has 2 rings (SSSR count). The number of aryl methyl sites for hydroxylation is 1. The summed E-state index contributed by atoms with van der Waals surface area (Å²) in [6.07, 6.45) is 0. The summed E-state index contributed by atoms with van der Waals surface area (Å²) in [4.78, 5) is 0. The average Bonchev–Trinajstić information content (AvgIpc) is 2.31. The minimum Gasteiger partial charge on any atom is -0.399 e. The molecule has 1 aromatic heterocycles. The van der Waals surface area contributed by atoms with E-state index in [1.54, 1.807) is 0 Å². The van der Waals surface area contributed by atoms with E-state index in [0.717, 1.165) is 15.8 Å². The Morgan fingerprint density at radius 1 is 1.33 bits per heavy atom. The van der Waals surface area contributed by atoms with Crippen LogP contribution in [0.2, 0.25) is 0 Å². The molecule has 0 atom stereocenters. The predicted molar refractivity (Wildman–Crippen MR) is 55.0 cm³/mol. The van der Waals surface area contributed by atoms with E-state index < -0.39 is 0 Å². The first kappa shape index (κ1) is 7.68. The van der Waals surface area contributed by atoms with E-state index in [2.05, 4.69) is 26.6 Å². The van der Waals surface area contributed by atoms with E-state index in [-0.39, 0.29) is 0 Å².